The van der Waals surface area contributed by atoms with Gasteiger partial charge in [0.2, 0.25) is 0 Å². The van der Waals surface area contributed by atoms with E-state index >= 15 is 0 Å². The van der Waals surface area contributed by atoms with Crippen molar-refractivity contribution in [3.63, 3.8) is 0 Å². The highest BCUT2D eigenvalue weighted by molar-refractivity contribution is 6.31. The third-order valence-corrected chi connectivity index (χ3v) is 7.42. The van der Waals surface area contributed by atoms with Crippen molar-refractivity contribution in [2.45, 2.75) is 63.8 Å². The van der Waals surface area contributed by atoms with Crippen LogP contribution < -0.4 is 0 Å². The molecule has 1 aliphatic carbocycles. The van der Waals surface area contributed by atoms with Gasteiger partial charge in [-0.15, -0.1) is 0 Å². The van der Waals surface area contributed by atoms with Crippen LogP contribution in [0.25, 0.3) is 0 Å². The summed E-state index contributed by atoms with van der Waals surface area (Å²) in [6.45, 7) is 13.6. The number of aliphatic imine (C=N–C) groups is 1. The molecule has 30 heavy (non-hydrogen) atoms. The number of hydrogen-bond acceptors (Lipinski definition) is 2. The van der Waals surface area contributed by atoms with Crippen molar-refractivity contribution in [1.82, 2.24) is 9.80 Å². The van der Waals surface area contributed by atoms with Crippen molar-refractivity contribution in [3.8, 4) is 0 Å². The number of rotatable bonds is 5. The molecule has 3 nitrogen and oxygen atoms in total. The Bertz CT molecular complexity index is 861. The summed E-state index contributed by atoms with van der Waals surface area (Å²) >= 11 is 6.63. The third-order valence-electron chi connectivity index (χ3n) is 7.07. The van der Waals surface area contributed by atoms with Crippen LogP contribution in [0.2, 0.25) is 5.02 Å². The largest absolute Gasteiger partial charge is 0.369 e. The molecule has 1 aromatic rings. The average molecular weight is 426 g/mol. The van der Waals surface area contributed by atoms with Gasteiger partial charge in [0.15, 0.2) is 0 Å². The Morgan fingerprint density at radius 3 is 2.60 bits per heavy atom. The number of likely N-dealkylation sites (N-methyl/N-ethyl adjacent to an activating group) is 1. The summed E-state index contributed by atoms with van der Waals surface area (Å²) in [5, 5.41) is 0.894. The number of aryl methyl sites for hydroxylation is 1. The monoisotopic (exact) mass is 425 g/mol. The first-order valence-corrected chi connectivity index (χ1v) is 11.5. The van der Waals surface area contributed by atoms with Gasteiger partial charge in [0.25, 0.3) is 0 Å². The maximum Gasteiger partial charge on any atom is 0.104 e. The van der Waals surface area contributed by atoms with Crippen LogP contribution in [0.4, 0.5) is 0 Å². The van der Waals surface area contributed by atoms with Gasteiger partial charge in [0.1, 0.15) is 5.84 Å². The molecular weight excluding hydrogens is 390 g/mol. The number of amidine groups is 1. The Kier molecular flexibility index (Phi) is 7.13. The number of piperazine rings is 1. The topological polar surface area (TPSA) is 18.8 Å². The van der Waals surface area contributed by atoms with Crippen LogP contribution in [0.5, 0.6) is 0 Å². The second-order valence-corrected chi connectivity index (χ2v) is 9.18. The van der Waals surface area contributed by atoms with Crippen LogP contribution in [-0.2, 0) is 11.8 Å². The minimum atomic E-state index is 0.0952. The van der Waals surface area contributed by atoms with E-state index in [0.717, 1.165) is 41.6 Å². The van der Waals surface area contributed by atoms with Gasteiger partial charge in [-0.3, -0.25) is 4.99 Å². The SMILES string of the molecule is C=C/C=C1/C(=C)N(C)C(C)CN1/C(CC1(c2ccc(CC)c(Cl)c2)CCCC1)=N\C. The highest BCUT2D eigenvalue weighted by atomic mass is 35.5. The van der Waals surface area contributed by atoms with Crippen molar-refractivity contribution >= 4 is 17.4 Å². The number of benzene rings is 1. The first-order valence-electron chi connectivity index (χ1n) is 11.1. The first-order chi connectivity index (χ1) is 14.4. The molecule has 1 saturated heterocycles. The molecule has 1 aromatic carbocycles. The average Bonchev–Trinajstić information content (AvgIpc) is 3.22. The molecule has 1 aliphatic heterocycles. The Balaban J connectivity index is 1.97. The quantitative estimate of drug-likeness (QED) is 0.404. The van der Waals surface area contributed by atoms with E-state index in [1.54, 1.807) is 0 Å². The number of allylic oxidation sites excluding steroid dienone is 2. The Hall–Kier alpha value is -2.00. The summed E-state index contributed by atoms with van der Waals surface area (Å²) in [5.41, 5.74) is 4.79. The van der Waals surface area contributed by atoms with E-state index in [9.17, 15) is 0 Å². The molecule has 0 aromatic heterocycles. The highest BCUT2D eigenvalue weighted by Gasteiger charge is 2.40. The van der Waals surface area contributed by atoms with E-state index in [0.29, 0.717) is 6.04 Å². The van der Waals surface area contributed by atoms with Gasteiger partial charge in [-0.05, 0) is 49.5 Å². The van der Waals surface area contributed by atoms with E-state index in [2.05, 4.69) is 68.1 Å². The summed E-state index contributed by atoms with van der Waals surface area (Å²) in [7, 11) is 4.03. The molecule has 2 aliphatic rings. The Morgan fingerprint density at radius 2 is 2.03 bits per heavy atom. The lowest BCUT2D eigenvalue weighted by Gasteiger charge is -2.45. The molecule has 1 heterocycles. The summed E-state index contributed by atoms with van der Waals surface area (Å²) in [4.78, 5) is 9.40. The lowest BCUT2D eigenvalue weighted by atomic mass is 9.75. The van der Waals surface area contributed by atoms with E-state index in [-0.39, 0.29) is 5.41 Å². The molecule has 3 rings (SSSR count). The highest BCUT2D eigenvalue weighted by Crippen LogP contribution is 2.46. The fourth-order valence-corrected chi connectivity index (χ4v) is 5.32. The van der Waals surface area contributed by atoms with Gasteiger partial charge in [0, 0.05) is 43.5 Å². The molecule has 0 N–H and O–H groups in total. The van der Waals surface area contributed by atoms with Crippen LogP contribution >= 0.6 is 11.6 Å². The van der Waals surface area contributed by atoms with Crippen molar-refractivity contribution in [3.05, 3.63) is 71.1 Å². The zero-order valence-electron chi connectivity index (χ0n) is 19.0. The third kappa shape index (κ3) is 4.23. The molecule has 1 unspecified atom stereocenters. The van der Waals surface area contributed by atoms with Crippen molar-refractivity contribution in [1.29, 1.82) is 0 Å². The fourth-order valence-electron chi connectivity index (χ4n) is 5.01. The molecule has 1 saturated carbocycles. The molecule has 1 atom stereocenters. The van der Waals surface area contributed by atoms with Gasteiger partial charge < -0.3 is 9.80 Å². The minimum absolute atomic E-state index is 0.0952. The van der Waals surface area contributed by atoms with Crippen LogP contribution in [0, 0.1) is 0 Å². The van der Waals surface area contributed by atoms with Gasteiger partial charge in [-0.25, -0.2) is 0 Å². The van der Waals surface area contributed by atoms with E-state index in [1.807, 2.05) is 13.1 Å². The molecule has 2 fully saturated rings. The standard InChI is InChI=1S/C26H36ClN3/c1-7-11-24-20(4)29(6)19(3)18-30(24)25(28-5)17-26(14-9-10-15-26)22-13-12-21(8-2)23(27)16-22/h7,11-13,16,19H,1,4,8-10,14-15,17-18H2,2-3,5-6H3/b24-11-,28-25-. The van der Waals surface area contributed by atoms with Gasteiger partial charge in [0.05, 0.1) is 11.4 Å². The lowest BCUT2D eigenvalue weighted by Crippen LogP contribution is -2.50. The summed E-state index contributed by atoms with van der Waals surface area (Å²) < 4.78 is 0. The number of hydrogen-bond donors (Lipinski definition) is 0. The van der Waals surface area contributed by atoms with E-state index < -0.39 is 0 Å². The summed E-state index contributed by atoms with van der Waals surface area (Å²) in [6, 6.07) is 7.10. The first kappa shape index (κ1) is 22.7. The second kappa shape index (κ2) is 9.43. The van der Waals surface area contributed by atoms with Crippen LogP contribution in [0.1, 0.15) is 57.1 Å². The lowest BCUT2D eigenvalue weighted by molar-refractivity contribution is 0.232. The van der Waals surface area contributed by atoms with E-state index in [4.69, 9.17) is 16.6 Å². The predicted molar refractivity (Wildman–Crippen MR) is 130 cm³/mol. The van der Waals surface area contributed by atoms with Gasteiger partial charge in [-0.2, -0.15) is 0 Å². The number of halogens is 1. The van der Waals surface area contributed by atoms with Crippen molar-refractivity contribution < 1.29 is 0 Å². The van der Waals surface area contributed by atoms with Gasteiger partial charge >= 0.3 is 0 Å². The predicted octanol–water partition coefficient (Wildman–Crippen LogP) is 6.35. The zero-order chi connectivity index (χ0) is 21.9. The normalized spacial score (nSPS) is 23.4. The minimum Gasteiger partial charge on any atom is -0.369 e. The Labute approximate surface area is 187 Å². The smallest absolute Gasteiger partial charge is 0.104 e. The number of nitrogens with zero attached hydrogens (tertiary/aromatic N) is 3. The molecular formula is C26H36ClN3. The van der Waals surface area contributed by atoms with Crippen LogP contribution in [0.3, 0.4) is 0 Å². The molecule has 4 heteroatoms. The zero-order valence-corrected chi connectivity index (χ0v) is 19.8. The maximum absolute atomic E-state index is 6.63. The van der Waals surface area contributed by atoms with Crippen LogP contribution in [0.15, 0.2) is 59.9 Å². The summed E-state index contributed by atoms with van der Waals surface area (Å²) in [5.74, 6) is 1.13. The van der Waals surface area contributed by atoms with Crippen molar-refractivity contribution in [2.24, 2.45) is 4.99 Å². The fraction of sp³-hybridized carbons (Fsp3) is 0.500. The second-order valence-electron chi connectivity index (χ2n) is 8.77. The molecule has 0 amide bonds. The molecule has 0 spiro atoms. The molecule has 162 valence electrons. The molecule has 0 bridgehead atoms. The van der Waals surface area contributed by atoms with Crippen molar-refractivity contribution in [2.75, 3.05) is 20.6 Å². The Morgan fingerprint density at radius 1 is 1.33 bits per heavy atom. The summed E-state index contributed by atoms with van der Waals surface area (Å²) in [6.07, 6.45) is 10.7. The van der Waals surface area contributed by atoms with Crippen LogP contribution in [-0.4, -0.2) is 42.3 Å². The van der Waals surface area contributed by atoms with Gasteiger partial charge in [-0.1, -0.05) is 62.7 Å². The van der Waals surface area contributed by atoms with E-state index in [1.165, 1.54) is 36.8 Å². The maximum atomic E-state index is 6.63. The molecule has 0 radical (unpaired) electrons.